The van der Waals surface area contributed by atoms with Crippen LogP contribution in [0.5, 0.6) is 0 Å². The average Bonchev–Trinajstić information content (AvgIpc) is 2.88. The van der Waals surface area contributed by atoms with Gasteiger partial charge in [-0.3, -0.25) is 0 Å². The summed E-state index contributed by atoms with van der Waals surface area (Å²) in [5.41, 5.74) is -0.307. The number of aliphatic hydroxyl groups excluding tert-OH is 3. The fourth-order valence-corrected chi connectivity index (χ4v) is 7.22. The molecule has 5 aliphatic rings. The van der Waals surface area contributed by atoms with E-state index in [0.717, 1.165) is 38.5 Å². The number of hydrogen-bond acceptors (Lipinski definition) is 5. The lowest BCUT2D eigenvalue weighted by molar-refractivity contribution is -0.293. The van der Waals surface area contributed by atoms with Crippen molar-refractivity contribution in [3.8, 4) is 0 Å². The Bertz CT molecular complexity index is 484. The van der Waals surface area contributed by atoms with Crippen LogP contribution < -0.4 is 0 Å². The summed E-state index contributed by atoms with van der Waals surface area (Å²) in [6.45, 7) is 0. The van der Waals surface area contributed by atoms with Gasteiger partial charge in [0.15, 0.2) is 6.29 Å². The molecule has 9 atom stereocenters. The summed E-state index contributed by atoms with van der Waals surface area (Å²) < 4.78 is 13.0. The molecule has 9 unspecified atom stereocenters. The monoisotopic (exact) mass is 352 g/mol. The normalized spacial score (nSPS) is 58.4. The van der Waals surface area contributed by atoms with Gasteiger partial charge in [-0.15, -0.1) is 0 Å². The molecule has 2 aliphatic heterocycles. The smallest absolute Gasteiger partial charge is 0.158 e. The third kappa shape index (κ3) is 2.46. The van der Waals surface area contributed by atoms with Gasteiger partial charge in [-0.05, 0) is 57.3 Å². The second-order valence-corrected chi connectivity index (χ2v) is 9.28. The number of ether oxygens (including phenoxy) is 2. The molecular formula is C20H32O5. The summed E-state index contributed by atoms with van der Waals surface area (Å²) in [5, 5.41) is 31.1. The molecule has 0 aromatic heterocycles. The van der Waals surface area contributed by atoms with Crippen LogP contribution in [0.15, 0.2) is 0 Å². The molecule has 0 amide bonds. The fraction of sp³-hybridized carbons (Fsp3) is 1.00. The van der Waals surface area contributed by atoms with E-state index in [0.29, 0.717) is 18.8 Å². The minimum atomic E-state index is -0.650. The van der Waals surface area contributed by atoms with Crippen molar-refractivity contribution in [2.24, 2.45) is 23.7 Å². The summed E-state index contributed by atoms with van der Waals surface area (Å²) >= 11 is 0. The maximum Gasteiger partial charge on any atom is 0.158 e. The van der Waals surface area contributed by atoms with Crippen molar-refractivity contribution in [2.75, 3.05) is 0 Å². The first kappa shape index (κ1) is 16.9. The van der Waals surface area contributed by atoms with Crippen molar-refractivity contribution in [1.82, 2.24) is 0 Å². The van der Waals surface area contributed by atoms with Crippen LogP contribution in [0.1, 0.15) is 64.2 Å². The first-order valence-electron chi connectivity index (χ1n) is 10.5. The molecule has 5 nitrogen and oxygen atoms in total. The van der Waals surface area contributed by atoms with Gasteiger partial charge in [-0.25, -0.2) is 0 Å². The van der Waals surface area contributed by atoms with Crippen LogP contribution in [0, 0.1) is 23.7 Å². The molecule has 5 heteroatoms. The molecule has 3 saturated carbocycles. The van der Waals surface area contributed by atoms with Gasteiger partial charge in [-0.1, -0.05) is 12.8 Å². The van der Waals surface area contributed by atoms with E-state index in [4.69, 9.17) is 9.47 Å². The van der Waals surface area contributed by atoms with Gasteiger partial charge in [0.2, 0.25) is 0 Å². The molecule has 0 radical (unpaired) electrons. The minimum Gasteiger partial charge on any atom is -0.393 e. The fourth-order valence-electron chi connectivity index (χ4n) is 7.22. The summed E-state index contributed by atoms with van der Waals surface area (Å²) in [6, 6.07) is 0. The van der Waals surface area contributed by atoms with Crippen LogP contribution in [0.25, 0.3) is 0 Å². The Morgan fingerprint density at radius 3 is 1.92 bits per heavy atom. The van der Waals surface area contributed by atoms with Crippen molar-refractivity contribution in [3.05, 3.63) is 0 Å². The van der Waals surface area contributed by atoms with Crippen LogP contribution in [0.2, 0.25) is 0 Å². The van der Waals surface area contributed by atoms with Crippen LogP contribution >= 0.6 is 0 Å². The Morgan fingerprint density at radius 2 is 1.28 bits per heavy atom. The van der Waals surface area contributed by atoms with Gasteiger partial charge in [0.05, 0.1) is 30.0 Å². The van der Waals surface area contributed by atoms with Gasteiger partial charge >= 0.3 is 0 Å². The number of aliphatic hydroxyl groups is 3. The SMILES string of the molecule is OC1CCC2C(C1)OC1CC(O)CCC1C21OC(O)C2CCCCC21. The molecule has 0 aromatic rings. The summed E-state index contributed by atoms with van der Waals surface area (Å²) in [5.74, 6) is 1.21. The second kappa shape index (κ2) is 6.16. The van der Waals surface area contributed by atoms with Crippen LogP contribution in [-0.2, 0) is 9.47 Å². The predicted molar refractivity (Wildman–Crippen MR) is 90.6 cm³/mol. The topological polar surface area (TPSA) is 79.2 Å². The van der Waals surface area contributed by atoms with Gasteiger partial charge < -0.3 is 24.8 Å². The van der Waals surface area contributed by atoms with E-state index < -0.39 is 6.29 Å². The van der Waals surface area contributed by atoms with Gasteiger partial charge in [-0.2, -0.15) is 0 Å². The molecule has 3 aliphatic carbocycles. The summed E-state index contributed by atoms with van der Waals surface area (Å²) in [4.78, 5) is 0. The van der Waals surface area contributed by atoms with E-state index >= 15 is 0 Å². The quantitative estimate of drug-likeness (QED) is 0.621. The van der Waals surface area contributed by atoms with Crippen LogP contribution in [0.4, 0.5) is 0 Å². The van der Waals surface area contributed by atoms with Gasteiger partial charge in [0, 0.05) is 17.8 Å². The highest BCUT2D eigenvalue weighted by atomic mass is 16.6. The average molecular weight is 352 g/mol. The second-order valence-electron chi connectivity index (χ2n) is 9.28. The maximum atomic E-state index is 10.8. The highest BCUT2D eigenvalue weighted by molar-refractivity contribution is 5.14. The predicted octanol–water partition coefficient (Wildman–Crippen LogP) is 1.97. The van der Waals surface area contributed by atoms with E-state index in [9.17, 15) is 15.3 Å². The molecule has 0 aromatic carbocycles. The van der Waals surface area contributed by atoms with Gasteiger partial charge in [0.1, 0.15) is 0 Å². The van der Waals surface area contributed by atoms with E-state index in [1.807, 2.05) is 0 Å². The Kier molecular flexibility index (Phi) is 4.18. The van der Waals surface area contributed by atoms with Gasteiger partial charge in [0.25, 0.3) is 0 Å². The Labute approximate surface area is 149 Å². The minimum absolute atomic E-state index is 0.00294. The largest absolute Gasteiger partial charge is 0.393 e. The van der Waals surface area contributed by atoms with E-state index in [1.54, 1.807) is 0 Å². The van der Waals surface area contributed by atoms with Crippen molar-refractivity contribution in [3.63, 3.8) is 0 Å². The molecule has 142 valence electrons. The lowest BCUT2D eigenvalue weighted by Crippen LogP contribution is -2.66. The first-order chi connectivity index (χ1) is 12.1. The summed E-state index contributed by atoms with van der Waals surface area (Å²) in [6.07, 6.45) is 8.18. The van der Waals surface area contributed by atoms with Crippen molar-refractivity contribution in [1.29, 1.82) is 0 Å². The Balaban J connectivity index is 1.56. The highest BCUT2D eigenvalue weighted by Gasteiger charge is 2.67. The molecular weight excluding hydrogens is 320 g/mol. The lowest BCUT2D eigenvalue weighted by atomic mass is 9.54. The standard InChI is InChI=1S/C20H32O5/c21-11-5-7-15-17(9-11)24-18-10-12(22)6-8-16(18)20(15)14-4-2-1-3-13(14)19(23)25-20/h11-19,21-23H,1-10H2. The molecule has 0 bridgehead atoms. The maximum absolute atomic E-state index is 10.8. The Morgan fingerprint density at radius 1 is 0.680 bits per heavy atom. The first-order valence-corrected chi connectivity index (χ1v) is 10.5. The number of hydrogen-bond donors (Lipinski definition) is 3. The van der Waals surface area contributed by atoms with Crippen LogP contribution in [0.3, 0.4) is 0 Å². The molecule has 2 heterocycles. The molecule has 2 saturated heterocycles. The van der Waals surface area contributed by atoms with E-state index in [-0.39, 0.29) is 47.8 Å². The van der Waals surface area contributed by atoms with Crippen molar-refractivity contribution >= 4 is 0 Å². The van der Waals surface area contributed by atoms with E-state index in [2.05, 4.69) is 0 Å². The zero-order valence-electron chi connectivity index (χ0n) is 14.9. The number of rotatable bonds is 0. The highest BCUT2D eigenvalue weighted by Crippen LogP contribution is 2.62. The summed E-state index contributed by atoms with van der Waals surface area (Å²) in [7, 11) is 0. The molecule has 1 spiro atoms. The molecule has 5 fully saturated rings. The third-order valence-electron chi connectivity index (χ3n) is 8.13. The van der Waals surface area contributed by atoms with Crippen molar-refractivity contribution in [2.45, 2.75) is 101 Å². The van der Waals surface area contributed by atoms with E-state index in [1.165, 1.54) is 12.8 Å². The molecule has 5 rings (SSSR count). The van der Waals surface area contributed by atoms with Crippen molar-refractivity contribution < 1.29 is 24.8 Å². The number of fused-ring (bicyclic) bond motifs is 6. The zero-order valence-corrected chi connectivity index (χ0v) is 14.9. The zero-order chi connectivity index (χ0) is 17.2. The van der Waals surface area contributed by atoms with Crippen LogP contribution in [-0.4, -0.2) is 51.6 Å². The lowest BCUT2D eigenvalue weighted by Gasteiger charge is -2.59. The molecule has 3 N–H and O–H groups in total. The third-order valence-corrected chi connectivity index (χ3v) is 8.13. The Hall–Kier alpha value is -0.200. The molecule has 25 heavy (non-hydrogen) atoms.